The number of nitrogens with two attached hydrogens (primary N) is 1. The molecule has 0 fully saturated rings. The van der Waals surface area contributed by atoms with Crippen LogP contribution in [0.3, 0.4) is 0 Å². The van der Waals surface area contributed by atoms with Crippen LogP contribution in [-0.2, 0) is 6.18 Å². The van der Waals surface area contributed by atoms with Crippen LogP contribution in [-0.4, -0.2) is 0 Å². The lowest BCUT2D eigenvalue weighted by Gasteiger charge is -2.15. The predicted octanol–water partition coefficient (Wildman–Crippen LogP) is 4.53. The highest BCUT2D eigenvalue weighted by Crippen LogP contribution is 2.39. The molecule has 0 atom stereocenters. The van der Waals surface area contributed by atoms with Gasteiger partial charge in [0.15, 0.2) is 11.6 Å². The normalized spacial score (nSPS) is 11.4. The Balaban J connectivity index is 2.46. The molecule has 2 nitrogen and oxygen atoms in total. The number of alkyl halides is 3. The number of rotatable bonds is 2. The van der Waals surface area contributed by atoms with Crippen molar-refractivity contribution >= 4 is 5.69 Å². The summed E-state index contributed by atoms with van der Waals surface area (Å²) in [4.78, 5) is 0. The third-order valence-corrected chi connectivity index (χ3v) is 2.62. The Labute approximate surface area is 112 Å². The highest BCUT2D eigenvalue weighted by molar-refractivity contribution is 5.50. The molecule has 106 valence electrons. The summed E-state index contributed by atoms with van der Waals surface area (Å²) in [6.07, 6.45) is -4.63. The van der Waals surface area contributed by atoms with Crippen molar-refractivity contribution in [2.75, 3.05) is 5.73 Å². The van der Waals surface area contributed by atoms with Crippen molar-refractivity contribution in [3.8, 4) is 11.5 Å². The summed E-state index contributed by atoms with van der Waals surface area (Å²) >= 11 is 0. The molecule has 2 aromatic rings. The van der Waals surface area contributed by atoms with Gasteiger partial charge in [-0.15, -0.1) is 0 Å². The van der Waals surface area contributed by atoms with Crippen molar-refractivity contribution in [2.45, 2.75) is 13.1 Å². The van der Waals surface area contributed by atoms with E-state index in [9.17, 15) is 17.6 Å². The largest absolute Gasteiger partial charge is 0.454 e. The van der Waals surface area contributed by atoms with Crippen LogP contribution < -0.4 is 10.5 Å². The smallest absolute Gasteiger partial charge is 0.420 e. The zero-order chi connectivity index (χ0) is 14.9. The number of halogens is 4. The number of ether oxygens (including phenoxy) is 1. The molecular formula is C14H11F4NO. The Kier molecular flexibility index (Phi) is 3.57. The topological polar surface area (TPSA) is 35.2 Å². The van der Waals surface area contributed by atoms with Crippen LogP contribution in [0.2, 0.25) is 0 Å². The molecule has 0 spiro atoms. The first-order valence-corrected chi connectivity index (χ1v) is 5.68. The van der Waals surface area contributed by atoms with Crippen LogP contribution in [0, 0.1) is 12.7 Å². The lowest BCUT2D eigenvalue weighted by Crippen LogP contribution is -2.08. The first kappa shape index (κ1) is 14.2. The van der Waals surface area contributed by atoms with Crippen LogP contribution in [0.5, 0.6) is 11.5 Å². The lowest BCUT2D eigenvalue weighted by atomic mass is 10.1. The van der Waals surface area contributed by atoms with Gasteiger partial charge in [0.05, 0.1) is 0 Å². The molecule has 20 heavy (non-hydrogen) atoms. The van der Waals surface area contributed by atoms with Crippen molar-refractivity contribution in [3.63, 3.8) is 0 Å². The van der Waals surface area contributed by atoms with Crippen molar-refractivity contribution in [3.05, 3.63) is 53.3 Å². The molecule has 0 saturated carbocycles. The monoisotopic (exact) mass is 285 g/mol. The van der Waals surface area contributed by atoms with E-state index in [1.54, 1.807) is 6.92 Å². The summed E-state index contributed by atoms with van der Waals surface area (Å²) in [5.41, 5.74) is 4.92. The highest BCUT2D eigenvalue weighted by Gasteiger charge is 2.35. The third kappa shape index (κ3) is 3.01. The fraction of sp³-hybridized carbons (Fsp3) is 0.143. The maximum absolute atomic E-state index is 13.5. The van der Waals surface area contributed by atoms with E-state index in [0.29, 0.717) is 5.56 Å². The molecule has 0 heterocycles. The molecule has 6 heteroatoms. The Morgan fingerprint density at radius 2 is 1.70 bits per heavy atom. The summed E-state index contributed by atoms with van der Waals surface area (Å²) in [7, 11) is 0. The summed E-state index contributed by atoms with van der Waals surface area (Å²) in [6, 6.07) is 7.04. The second kappa shape index (κ2) is 5.03. The molecule has 0 aromatic heterocycles. The molecular weight excluding hydrogens is 274 g/mol. The van der Waals surface area contributed by atoms with E-state index in [2.05, 4.69) is 0 Å². The summed E-state index contributed by atoms with van der Waals surface area (Å²) in [5, 5.41) is 0. The van der Waals surface area contributed by atoms with Gasteiger partial charge in [0.25, 0.3) is 0 Å². The number of anilines is 1. The second-order valence-electron chi connectivity index (χ2n) is 4.29. The van der Waals surface area contributed by atoms with Gasteiger partial charge in [-0.1, -0.05) is 6.07 Å². The van der Waals surface area contributed by atoms with E-state index in [-0.39, 0.29) is 11.4 Å². The minimum Gasteiger partial charge on any atom is -0.454 e. The zero-order valence-electron chi connectivity index (χ0n) is 10.5. The molecule has 0 saturated heterocycles. The van der Waals surface area contributed by atoms with Crippen LogP contribution in [0.1, 0.15) is 11.1 Å². The average molecular weight is 285 g/mol. The van der Waals surface area contributed by atoms with Gasteiger partial charge in [-0.2, -0.15) is 13.2 Å². The van der Waals surface area contributed by atoms with Gasteiger partial charge in [0.1, 0.15) is 11.3 Å². The summed E-state index contributed by atoms with van der Waals surface area (Å²) in [6.45, 7) is 1.68. The zero-order valence-corrected chi connectivity index (χ0v) is 10.5. The Bertz CT molecular complexity index is 638. The van der Waals surface area contributed by atoms with Crippen molar-refractivity contribution in [1.82, 2.24) is 0 Å². The molecule has 0 amide bonds. The molecule has 0 aliphatic carbocycles. The van der Waals surface area contributed by atoms with Crippen LogP contribution in [0.15, 0.2) is 36.4 Å². The molecule has 0 unspecified atom stereocenters. The standard InChI is InChI=1S/C14H11F4NO/c1-8-2-4-11(15)13(6-8)20-12-5-3-9(19)7-10(12)14(16,17)18/h2-7H,19H2,1H3. The fourth-order valence-electron chi connectivity index (χ4n) is 1.67. The average Bonchev–Trinajstić information content (AvgIpc) is 2.34. The maximum Gasteiger partial charge on any atom is 0.420 e. The second-order valence-corrected chi connectivity index (χ2v) is 4.29. The summed E-state index contributed by atoms with van der Waals surface area (Å²) in [5.74, 6) is -1.49. The Morgan fingerprint density at radius 3 is 2.35 bits per heavy atom. The van der Waals surface area contributed by atoms with Gasteiger partial charge in [-0.3, -0.25) is 0 Å². The van der Waals surface area contributed by atoms with E-state index in [1.165, 1.54) is 18.2 Å². The molecule has 0 aliphatic heterocycles. The molecule has 2 aromatic carbocycles. The maximum atomic E-state index is 13.5. The van der Waals surface area contributed by atoms with Crippen molar-refractivity contribution in [2.24, 2.45) is 0 Å². The van der Waals surface area contributed by atoms with Crippen LogP contribution in [0.25, 0.3) is 0 Å². The molecule has 2 N–H and O–H groups in total. The molecule has 0 bridgehead atoms. The van der Waals surface area contributed by atoms with E-state index in [1.807, 2.05) is 0 Å². The van der Waals surface area contributed by atoms with Gasteiger partial charge in [0, 0.05) is 5.69 Å². The molecule has 2 rings (SSSR count). The molecule has 0 aliphatic rings. The third-order valence-electron chi connectivity index (χ3n) is 2.62. The number of benzene rings is 2. The summed E-state index contributed by atoms with van der Waals surface area (Å²) < 4.78 is 57.2. The number of nitrogen functional groups attached to an aromatic ring is 1. The molecule has 0 radical (unpaired) electrons. The Hall–Kier alpha value is -2.24. The first-order chi connectivity index (χ1) is 9.27. The van der Waals surface area contributed by atoms with Gasteiger partial charge in [0.2, 0.25) is 0 Å². The van der Waals surface area contributed by atoms with E-state index in [0.717, 1.165) is 18.2 Å². The quantitative estimate of drug-likeness (QED) is 0.650. The van der Waals surface area contributed by atoms with Crippen LogP contribution >= 0.6 is 0 Å². The van der Waals surface area contributed by atoms with E-state index < -0.39 is 23.3 Å². The van der Waals surface area contributed by atoms with Crippen LogP contribution in [0.4, 0.5) is 23.2 Å². The van der Waals surface area contributed by atoms with Gasteiger partial charge < -0.3 is 10.5 Å². The highest BCUT2D eigenvalue weighted by atomic mass is 19.4. The number of aryl methyl sites for hydroxylation is 1. The minimum atomic E-state index is -4.63. The number of hydrogen-bond donors (Lipinski definition) is 1. The van der Waals surface area contributed by atoms with Gasteiger partial charge in [-0.05, 0) is 42.8 Å². The minimum absolute atomic E-state index is 0.0469. The van der Waals surface area contributed by atoms with E-state index >= 15 is 0 Å². The Morgan fingerprint density at radius 1 is 1.00 bits per heavy atom. The lowest BCUT2D eigenvalue weighted by molar-refractivity contribution is -0.138. The van der Waals surface area contributed by atoms with Crippen molar-refractivity contribution < 1.29 is 22.3 Å². The van der Waals surface area contributed by atoms with E-state index in [4.69, 9.17) is 10.5 Å². The van der Waals surface area contributed by atoms with Gasteiger partial charge >= 0.3 is 6.18 Å². The first-order valence-electron chi connectivity index (χ1n) is 5.68. The SMILES string of the molecule is Cc1ccc(F)c(Oc2ccc(N)cc2C(F)(F)F)c1. The van der Waals surface area contributed by atoms with Crippen molar-refractivity contribution in [1.29, 1.82) is 0 Å². The number of hydrogen-bond acceptors (Lipinski definition) is 2. The fourth-order valence-corrected chi connectivity index (χ4v) is 1.67. The predicted molar refractivity (Wildman–Crippen MR) is 67.1 cm³/mol. The van der Waals surface area contributed by atoms with Gasteiger partial charge in [-0.25, -0.2) is 4.39 Å².